The molecule has 1 aliphatic rings. The van der Waals surface area contributed by atoms with E-state index in [-0.39, 0.29) is 5.60 Å². The molecule has 1 aromatic carbocycles. The third kappa shape index (κ3) is 3.29. The Morgan fingerprint density at radius 3 is 2.72 bits per heavy atom. The highest BCUT2D eigenvalue weighted by Crippen LogP contribution is 2.26. The minimum Gasteiger partial charge on any atom is -0.474 e. The van der Waals surface area contributed by atoms with Crippen LogP contribution in [-0.4, -0.2) is 17.0 Å². The van der Waals surface area contributed by atoms with Gasteiger partial charge in [-0.2, -0.15) is 0 Å². The molecule has 1 aromatic rings. The fraction of sp³-hybridized carbons (Fsp3) is 0.467. The van der Waals surface area contributed by atoms with Crippen LogP contribution in [0.1, 0.15) is 31.9 Å². The zero-order chi connectivity index (χ0) is 13.3. The van der Waals surface area contributed by atoms with Gasteiger partial charge in [-0.1, -0.05) is 22.0 Å². The van der Waals surface area contributed by atoms with Crippen molar-refractivity contribution in [3.8, 4) is 0 Å². The summed E-state index contributed by atoms with van der Waals surface area (Å²) >= 11 is 3.52. The van der Waals surface area contributed by atoms with E-state index in [0.29, 0.717) is 0 Å². The van der Waals surface area contributed by atoms with Gasteiger partial charge in [0.1, 0.15) is 5.60 Å². The first kappa shape index (κ1) is 13.5. The predicted octanol–water partition coefficient (Wildman–Crippen LogP) is 4.09. The molecule has 0 amide bonds. The highest BCUT2D eigenvalue weighted by molar-refractivity contribution is 9.10. The molecule has 0 saturated heterocycles. The number of rotatable bonds is 2. The Balaban J connectivity index is 2.09. The largest absolute Gasteiger partial charge is 0.474 e. The highest BCUT2D eigenvalue weighted by Gasteiger charge is 2.21. The van der Waals surface area contributed by atoms with Crippen molar-refractivity contribution in [2.45, 2.75) is 39.3 Å². The van der Waals surface area contributed by atoms with E-state index < -0.39 is 0 Å². The summed E-state index contributed by atoms with van der Waals surface area (Å²) in [5, 5.41) is 0. The molecule has 3 heteroatoms. The van der Waals surface area contributed by atoms with Crippen LogP contribution >= 0.6 is 15.9 Å². The zero-order valence-electron chi connectivity index (χ0n) is 11.3. The van der Waals surface area contributed by atoms with Gasteiger partial charge < -0.3 is 9.64 Å². The van der Waals surface area contributed by atoms with Gasteiger partial charge in [0.2, 0.25) is 0 Å². The summed E-state index contributed by atoms with van der Waals surface area (Å²) in [6, 6.07) is 6.49. The lowest BCUT2D eigenvalue weighted by molar-refractivity contribution is -0.000685. The molecule has 2 rings (SSSR count). The standard InChI is InChI=1S/C15H20BrNO/c1-11(18-15(2,3)4)17-8-7-12-5-6-14(16)9-13(12)10-17/h5-6,9H,1,7-8,10H2,2-4H3. The molecule has 0 spiro atoms. The van der Waals surface area contributed by atoms with E-state index in [1.165, 1.54) is 11.1 Å². The number of halogens is 1. The summed E-state index contributed by atoms with van der Waals surface area (Å²) in [5.74, 6) is 0.771. The van der Waals surface area contributed by atoms with Gasteiger partial charge in [0.05, 0.1) is 0 Å². The maximum absolute atomic E-state index is 5.84. The topological polar surface area (TPSA) is 12.5 Å². The lowest BCUT2D eigenvalue weighted by Gasteiger charge is -2.34. The zero-order valence-corrected chi connectivity index (χ0v) is 12.9. The van der Waals surface area contributed by atoms with Crippen LogP contribution in [-0.2, 0) is 17.7 Å². The van der Waals surface area contributed by atoms with Gasteiger partial charge in [-0.3, -0.25) is 0 Å². The van der Waals surface area contributed by atoms with Gasteiger partial charge in [0, 0.05) is 17.6 Å². The normalized spacial score (nSPS) is 15.2. The Hall–Kier alpha value is -0.960. The van der Waals surface area contributed by atoms with Gasteiger partial charge in [-0.05, 0) is 57.0 Å². The quantitative estimate of drug-likeness (QED) is 0.763. The summed E-state index contributed by atoms with van der Waals surface area (Å²) in [6.07, 6.45) is 1.05. The van der Waals surface area contributed by atoms with Crippen molar-refractivity contribution in [1.29, 1.82) is 0 Å². The second-order valence-corrected chi connectivity index (χ2v) is 6.61. The summed E-state index contributed by atoms with van der Waals surface area (Å²) in [5.41, 5.74) is 2.60. The molecule has 1 aliphatic heterocycles. The molecule has 1 heterocycles. The Morgan fingerprint density at radius 2 is 2.06 bits per heavy atom. The molecule has 18 heavy (non-hydrogen) atoms. The van der Waals surface area contributed by atoms with Gasteiger partial charge in [0.15, 0.2) is 5.88 Å². The molecule has 0 aromatic heterocycles. The maximum Gasteiger partial charge on any atom is 0.182 e. The van der Waals surface area contributed by atoms with Gasteiger partial charge >= 0.3 is 0 Å². The smallest absolute Gasteiger partial charge is 0.182 e. The molecular weight excluding hydrogens is 290 g/mol. The molecular formula is C15H20BrNO. The number of nitrogens with zero attached hydrogens (tertiary/aromatic N) is 1. The van der Waals surface area contributed by atoms with Crippen molar-refractivity contribution in [3.05, 3.63) is 46.3 Å². The van der Waals surface area contributed by atoms with E-state index in [1.807, 2.05) is 20.8 Å². The van der Waals surface area contributed by atoms with Crippen LogP contribution in [0.4, 0.5) is 0 Å². The second-order valence-electron chi connectivity index (χ2n) is 5.69. The Morgan fingerprint density at radius 1 is 1.33 bits per heavy atom. The first-order chi connectivity index (χ1) is 8.35. The molecule has 0 fully saturated rings. The molecule has 0 N–H and O–H groups in total. The summed E-state index contributed by atoms with van der Waals surface area (Å²) in [6.45, 7) is 12.1. The van der Waals surface area contributed by atoms with Crippen LogP contribution in [0.3, 0.4) is 0 Å². The fourth-order valence-corrected chi connectivity index (χ4v) is 2.57. The average molecular weight is 310 g/mol. The molecule has 0 aliphatic carbocycles. The van der Waals surface area contributed by atoms with Gasteiger partial charge in [0.25, 0.3) is 0 Å². The first-order valence-corrected chi connectivity index (χ1v) is 7.04. The third-order valence-electron chi connectivity index (χ3n) is 2.96. The van der Waals surface area contributed by atoms with Crippen LogP contribution in [0.5, 0.6) is 0 Å². The fourth-order valence-electron chi connectivity index (χ4n) is 2.16. The Kier molecular flexibility index (Phi) is 3.71. The van der Waals surface area contributed by atoms with Crippen LogP contribution in [0.2, 0.25) is 0 Å². The van der Waals surface area contributed by atoms with Crippen LogP contribution < -0.4 is 0 Å². The molecule has 98 valence electrons. The molecule has 0 saturated carbocycles. The van der Waals surface area contributed by atoms with Crippen molar-refractivity contribution in [3.63, 3.8) is 0 Å². The molecule has 0 unspecified atom stereocenters. The van der Waals surface area contributed by atoms with E-state index >= 15 is 0 Å². The highest BCUT2D eigenvalue weighted by atomic mass is 79.9. The number of ether oxygens (including phenoxy) is 1. The second kappa shape index (κ2) is 4.96. The Bertz CT molecular complexity index is 462. The predicted molar refractivity (Wildman–Crippen MR) is 78.2 cm³/mol. The number of benzene rings is 1. The Labute approximate surface area is 118 Å². The van der Waals surface area contributed by atoms with Crippen LogP contribution in [0.25, 0.3) is 0 Å². The number of fused-ring (bicyclic) bond motifs is 1. The minimum atomic E-state index is -0.186. The lowest BCUT2D eigenvalue weighted by atomic mass is 10.0. The molecule has 2 nitrogen and oxygen atoms in total. The molecule has 0 bridgehead atoms. The molecule has 0 atom stereocenters. The van der Waals surface area contributed by atoms with Gasteiger partial charge in [-0.15, -0.1) is 0 Å². The van der Waals surface area contributed by atoms with E-state index in [2.05, 4.69) is 45.6 Å². The summed E-state index contributed by atoms with van der Waals surface area (Å²) < 4.78 is 6.97. The van der Waals surface area contributed by atoms with Crippen molar-refractivity contribution in [1.82, 2.24) is 4.90 Å². The summed E-state index contributed by atoms with van der Waals surface area (Å²) in [7, 11) is 0. The minimum absolute atomic E-state index is 0.186. The van der Waals surface area contributed by atoms with Crippen molar-refractivity contribution < 1.29 is 4.74 Å². The SMILES string of the molecule is C=C(OC(C)(C)C)N1CCc2ccc(Br)cc2C1. The average Bonchev–Trinajstić information content (AvgIpc) is 2.25. The van der Waals surface area contributed by atoms with Crippen molar-refractivity contribution >= 4 is 15.9 Å². The maximum atomic E-state index is 5.84. The van der Waals surface area contributed by atoms with Gasteiger partial charge in [-0.25, -0.2) is 0 Å². The monoisotopic (exact) mass is 309 g/mol. The lowest BCUT2D eigenvalue weighted by Crippen LogP contribution is -2.33. The van der Waals surface area contributed by atoms with E-state index in [1.54, 1.807) is 0 Å². The van der Waals surface area contributed by atoms with Crippen molar-refractivity contribution in [2.75, 3.05) is 6.54 Å². The van der Waals surface area contributed by atoms with E-state index in [9.17, 15) is 0 Å². The van der Waals surface area contributed by atoms with Crippen LogP contribution in [0.15, 0.2) is 35.1 Å². The first-order valence-electron chi connectivity index (χ1n) is 6.25. The van der Waals surface area contributed by atoms with E-state index in [4.69, 9.17) is 4.74 Å². The third-order valence-corrected chi connectivity index (χ3v) is 3.45. The van der Waals surface area contributed by atoms with Crippen molar-refractivity contribution in [2.24, 2.45) is 0 Å². The molecule has 0 radical (unpaired) electrons. The van der Waals surface area contributed by atoms with E-state index in [0.717, 1.165) is 29.9 Å². The summed E-state index contributed by atoms with van der Waals surface area (Å²) in [4.78, 5) is 2.21. The number of hydrogen-bond acceptors (Lipinski definition) is 2. The van der Waals surface area contributed by atoms with Crippen LogP contribution in [0, 0.1) is 0 Å². The number of hydrogen-bond donors (Lipinski definition) is 0.